The van der Waals surface area contributed by atoms with Gasteiger partial charge in [0.15, 0.2) is 0 Å². The van der Waals surface area contributed by atoms with E-state index in [1.165, 1.54) is 0 Å². The average molecular weight is 294 g/mol. The second-order valence-electron chi connectivity index (χ2n) is 5.57. The molecule has 3 aromatic heterocycles. The highest BCUT2D eigenvalue weighted by atomic mass is 15.3. The zero-order chi connectivity index (χ0) is 14.9. The van der Waals surface area contributed by atoms with Crippen LogP contribution < -0.4 is 9.80 Å². The Labute approximate surface area is 128 Å². The van der Waals surface area contributed by atoms with Crippen LogP contribution in [0.5, 0.6) is 0 Å². The molecule has 0 aromatic carbocycles. The van der Waals surface area contributed by atoms with Crippen LogP contribution in [-0.2, 0) is 0 Å². The summed E-state index contributed by atoms with van der Waals surface area (Å²) in [5.41, 5.74) is 2.03. The van der Waals surface area contributed by atoms with Gasteiger partial charge < -0.3 is 14.8 Å². The second kappa shape index (κ2) is 5.29. The first-order valence-corrected chi connectivity index (χ1v) is 7.52. The van der Waals surface area contributed by atoms with Crippen molar-refractivity contribution in [2.24, 2.45) is 0 Å². The van der Waals surface area contributed by atoms with Crippen molar-refractivity contribution in [2.75, 3.05) is 36.0 Å². The van der Waals surface area contributed by atoms with Gasteiger partial charge in [0.1, 0.15) is 23.6 Å². The van der Waals surface area contributed by atoms with E-state index in [1.54, 1.807) is 6.33 Å². The third-order valence-electron chi connectivity index (χ3n) is 4.09. The first-order valence-electron chi connectivity index (χ1n) is 7.52. The fraction of sp³-hybridized carbons (Fsp3) is 0.312. The summed E-state index contributed by atoms with van der Waals surface area (Å²) < 4.78 is 0. The van der Waals surface area contributed by atoms with Crippen LogP contribution in [0.4, 0.5) is 11.6 Å². The van der Waals surface area contributed by atoms with Crippen molar-refractivity contribution in [3.8, 4) is 0 Å². The summed E-state index contributed by atoms with van der Waals surface area (Å²) in [7, 11) is 0. The number of aryl methyl sites for hydroxylation is 1. The molecule has 1 aliphatic rings. The van der Waals surface area contributed by atoms with E-state index in [9.17, 15) is 0 Å². The molecule has 4 heterocycles. The largest absolute Gasteiger partial charge is 0.353 e. The fourth-order valence-corrected chi connectivity index (χ4v) is 3.00. The van der Waals surface area contributed by atoms with Gasteiger partial charge in [-0.25, -0.2) is 15.0 Å². The Hall–Kier alpha value is -2.63. The lowest BCUT2D eigenvalue weighted by Crippen LogP contribution is -2.47. The van der Waals surface area contributed by atoms with Crippen LogP contribution in [0.15, 0.2) is 36.8 Å². The zero-order valence-corrected chi connectivity index (χ0v) is 12.5. The fourth-order valence-electron chi connectivity index (χ4n) is 3.00. The molecule has 0 atom stereocenters. The lowest BCUT2D eigenvalue weighted by molar-refractivity contribution is 0.643. The summed E-state index contributed by atoms with van der Waals surface area (Å²) in [5, 5.41) is 1.10. The molecule has 4 rings (SSSR count). The molecule has 0 spiro atoms. The van der Waals surface area contributed by atoms with Gasteiger partial charge in [0.2, 0.25) is 0 Å². The molecule has 0 radical (unpaired) electrons. The van der Waals surface area contributed by atoms with E-state index in [1.807, 2.05) is 25.3 Å². The van der Waals surface area contributed by atoms with Crippen LogP contribution in [0.2, 0.25) is 0 Å². The number of nitrogens with one attached hydrogen (secondary N) is 1. The molecule has 22 heavy (non-hydrogen) atoms. The number of rotatable bonds is 2. The summed E-state index contributed by atoms with van der Waals surface area (Å²) in [6, 6.07) is 8.17. The van der Waals surface area contributed by atoms with Gasteiger partial charge in [0.05, 0.1) is 5.39 Å². The highest BCUT2D eigenvalue weighted by molar-refractivity contribution is 5.88. The average Bonchev–Trinajstić information content (AvgIpc) is 2.96. The van der Waals surface area contributed by atoms with Crippen LogP contribution in [0.1, 0.15) is 5.69 Å². The molecular weight excluding hydrogens is 276 g/mol. The number of anilines is 2. The lowest BCUT2D eigenvalue weighted by Gasteiger charge is -2.36. The van der Waals surface area contributed by atoms with Crippen molar-refractivity contribution >= 4 is 22.7 Å². The number of hydrogen-bond acceptors (Lipinski definition) is 5. The van der Waals surface area contributed by atoms with E-state index < -0.39 is 0 Å². The predicted molar refractivity (Wildman–Crippen MR) is 87.3 cm³/mol. The van der Waals surface area contributed by atoms with Gasteiger partial charge in [-0.3, -0.25) is 0 Å². The maximum atomic E-state index is 4.50. The molecule has 0 amide bonds. The molecule has 0 bridgehead atoms. The van der Waals surface area contributed by atoms with E-state index >= 15 is 0 Å². The molecule has 0 unspecified atom stereocenters. The molecule has 0 aliphatic carbocycles. The number of piperazine rings is 1. The maximum Gasteiger partial charge on any atom is 0.143 e. The van der Waals surface area contributed by atoms with Gasteiger partial charge in [-0.15, -0.1) is 0 Å². The Bertz CT molecular complexity index is 774. The molecule has 1 N–H and O–H groups in total. The SMILES string of the molecule is Cc1cc2c(N3CCN(c4ccccn4)CC3)ncnc2[nH]1. The van der Waals surface area contributed by atoms with E-state index in [0.29, 0.717) is 0 Å². The third-order valence-corrected chi connectivity index (χ3v) is 4.09. The zero-order valence-electron chi connectivity index (χ0n) is 12.5. The van der Waals surface area contributed by atoms with Crippen molar-refractivity contribution in [1.29, 1.82) is 0 Å². The summed E-state index contributed by atoms with van der Waals surface area (Å²) in [5.74, 6) is 2.07. The Morgan fingerprint density at radius 1 is 1.00 bits per heavy atom. The minimum Gasteiger partial charge on any atom is -0.353 e. The van der Waals surface area contributed by atoms with Crippen molar-refractivity contribution in [1.82, 2.24) is 19.9 Å². The maximum absolute atomic E-state index is 4.50. The Kier molecular flexibility index (Phi) is 3.14. The summed E-state index contributed by atoms with van der Waals surface area (Å²) in [4.78, 5) is 21.2. The van der Waals surface area contributed by atoms with Crippen molar-refractivity contribution < 1.29 is 0 Å². The second-order valence-corrected chi connectivity index (χ2v) is 5.57. The van der Waals surface area contributed by atoms with Crippen molar-refractivity contribution in [2.45, 2.75) is 6.92 Å². The first-order chi connectivity index (χ1) is 10.8. The summed E-state index contributed by atoms with van der Waals surface area (Å²) in [6.45, 7) is 5.82. The Morgan fingerprint density at radius 2 is 1.82 bits per heavy atom. The van der Waals surface area contributed by atoms with Gasteiger partial charge in [-0.05, 0) is 25.1 Å². The highest BCUT2D eigenvalue weighted by Crippen LogP contribution is 2.25. The molecular formula is C16H18N6. The van der Waals surface area contributed by atoms with Crippen LogP contribution in [-0.4, -0.2) is 46.1 Å². The van der Waals surface area contributed by atoms with E-state index in [4.69, 9.17) is 0 Å². The first kappa shape index (κ1) is 13.1. The van der Waals surface area contributed by atoms with Gasteiger partial charge in [0.25, 0.3) is 0 Å². The molecule has 6 nitrogen and oxygen atoms in total. The molecule has 3 aromatic rings. The number of aromatic nitrogens is 4. The van der Waals surface area contributed by atoms with Gasteiger partial charge in [-0.2, -0.15) is 0 Å². The molecule has 1 saturated heterocycles. The topological polar surface area (TPSA) is 60.9 Å². The van der Waals surface area contributed by atoms with Gasteiger partial charge in [-0.1, -0.05) is 6.07 Å². The van der Waals surface area contributed by atoms with E-state index in [0.717, 1.165) is 54.5 Å². The van der Waals surface area contributed by atoms with Crippen LogP contribution in [0.25, 0.3) is 11.0 Å². The summed E-state index contributed by atoms with van der Waals surface area (Å²) >= 11 is 0. The number of pyridine rings is 1. The number of H-pyrrole nitrogens is 1. The molecule has 0 saturated carbocycles. The van der Waals surface area contributed by atoms with Crippen molar-refractivity contribution in [3.63, 3.8) is 0 Å². The number of hydrogen-bond donors (Lipinski definition) is 1. The number of aromatic amines is 1. The standard InChI is InChI=1S/C16H18N6/c1-12-10-13-15(20-12)18-11-19-16(13)22-8-6-21(7-9-22)14-4-2-3-5-17-14/h2-5,10-11H,6-9H2,1H3,(H,18,19,20). The molecule has 6 heteroatoms. The quantitative estimate of drug-likeness (QED) is 0.783. The Morgan fingerprint density at radius 3 is 2.59 bits per heavy atom. The van der Waals surface area contributed by atoms with E-state index in [2.05, 4.69) is 41.9 Å². The van der Waals surface area contributed by atoms with E-state index in [-0.39, 0.29) is 0 Å². The monoisotopic (exact) mass is 294 g/mol. The summed E-state index contributed by atoms with van der Waals surface area (Å²) in [6.07, 6.45) is 3.48. The molecule has 1 fully saturated rings. The normalized spacial score (nSPS) is 15.5. The lowest BCUT2D eigenvalue weighted by atomic mass is 10.2. The van der Waals surface area contributed by atoms with Gasteiger partial charge >= 0.3 is 0 Å². The molecule has 1 aliphatic heterocycles. The number of nitrogens with zero attached hydrogens (tertiary/aromatic N) is 5. The minimum absolute atomic E-state index is 0.912. The third kappa shape index (κ3) is 2.26. The number of fused-ring (bicyclic) bond motifs is 1. The van der Waals surface area contributed by atoms with Crippen LogP contribution >= 0.6 is 0 Å². The smallest absolute Gasteiger partial charge is 0.143 e. The minimum atomic E-state index is 0.912. The van der Waals surface area contributed by atoms with Gasteiger partial charge in [0, 0.05) is 38.1 Å². The Balaban J connectivity index is 1.56. The van der Waals surface area contributed by atoms with Crippen molar-refractivity contribution in [3.05, 3.63) is 42.5 Å². The van der Waals surface area contributed by atoms with Crippen LogP contribution in [0, 0.1) is 6.92 Å². The predicted octanol–water partition coefficient (Wildman–Crippen LogP) is 1.99. The molecule has 112 valence electrons. The highest BCUT2D eigenvalue weighted by Gasteiger charge is 2.21. The van der Waals surface area contributed by atoms with Crippen LogP contribution in [0.3, 0.4) is 0 Å².